The fourth-order valence-corrected chi connectivity index (χ4v) is 3.46. The summed E-state index contributed by atoms with van der Waals surface area (Å²) in [4.78, 5) is 16.9. The molecular formula is C19H20ClN3OS. The molecule has 130 valence electrons. The van der Waals surface area contributed by atoms with Gasteiger partial charge in [-0.1, -0.05) is 30.7 Å². The Bertz CT molecular complexity index is 854. The van der Waals surface area contributed by atoms with Gasteiger partial charge in [0.15, 0.2) is 0 Å². The lowest BCUT2D eigenvalue weighted by molar-refractivity contribution is -0.122. The Hall–Kier alpha value is -2.11. The molecule has 0 aliphatic rings. The van der Waals surface area contributed by atoms with Crippen LogP contribution < -0.4 is 5.32 Å². The Balaban J connectivity index is 1.78. The highest BCUT2D eigenvalue weighted by atomic mass is 35.5. The van der Waals surface area contributed by atoms with Gasteiger partial charge in [-0.15, -0.1) is 11.3 Å². The van der Waals surface area contributed by atoms with Gasteiger partial charge in [0.05, 0.1) is 11.4 Å². The molecule has 3 rings (SSSR count). The van der Waals surface area contributed by atoms with Crippen LogP contribution in [0.4, 0.5) is 0 Å². The van der Waals surface area contributed by atoms with Crippen LogP contribution in [0.2, 0.25) is 5.02 Å². The molecule has 0 fully saturated rings. The molecule has 0 saturated heterocycles. The molecule has 25 heavy (non-hydrogen) atoms. The number of rotatable bonds is 6. The van der Waals surface area contributed by atoms with E-state index in [1.807, 2.05) is 59.5 Å². The maximum Gasteiger partial charge on any atom is 0.240 e. The van der Waals surface area contributed by atoms with E-state index >= 15 is 0 Å². The Kier molecular flexibility index (Phi) is 5.56. The summed E-state index contributed by atoms with van der Waals surface area (Å²) < 4.78 is 1.93. The van der Waals surface area contributed by atoms with Crippen molar-refractivity contribution in [2.45, 2.75) is 32.9 Å². The van der Waals surface area contributed by atoms with E-state index in [0.717, 1.165) is 28.4 Å². The second-order valence-electron chi connectivity index (χ2n) is 5.94. The first kappa shape index (κ1) is 17.7. The minimum Gasteiger partial charge on any atom is -0.352 e. The SMILES string of the molecule is CC[C@H](C)NC(=O)Cn1cccc1-c1nc(-c2ccc(Cl)cc2)cs1. The zero-order chi connectivity index (χ0) is 17.8. The van der Waals surface area contributed by atoms with Crippen molar-refractivity contribution in [3.8, 4) is 22.0 Å². The average molecular weight is 374 g/mol. The van der Waals surface area contributed by atoms with E-state index in [1.54, 1.807) is 11.3 Å². The van der Waals surface area contributed by atoms with E-state index in [9.17, 15) is 4.79 Å². The first-order valence-corrected chi connectivity index (χ1v) is 9.49. The molecule has 0 aliphatic heterocycles. The normalized spacial score (nSPS) is 12.1. The Morgan fingerprint density at radius 2 is 2.08 bits per heavy atom. The predicted octanol–water partition coefficient (Wildman–Crippen LogP) is 4.85. The molecular weight excluding hydrogens is 354 g/mol. The van der Waals surface area contributed by atoms with Crippen LogP contribution in [0.15, 0.2) is 48.0 Å². The third-order valence-corrected chi connectivity index (χ3v) is 5.14. The van der Waals surface area contributed by atoms with Gasteiger partial charge in [-0.05, 0) is 37.6 Å². The van der Waals surface area contributed by atoms with Crippen molar-refractivity contribution in [3.63, 3.8) is 0 Å². The van der Waals surface area contributed by atoms with E-state index in [0.29, 0.717) is 11.6 Å². The highest BCUT2D eigenvalue weighted by molar-refractivity contribution is 7.13. The summed E-state index contributed by atoms with van der Waals surface area (Å²) in [6.45, 7) is 4.36. The van der Waals surface area contributed by atoms with Crippen molar-refractivity contribution in [1.82, 2.24) is 14.9 Å². The van der Waals surface area contributed by atoms with Gasteiger partial charge in [-0.2, -0.15) is 0 Å². The van der Waals surface area contributed by atoms with E-state index in [-0.39, 0.29) is 11.9 Å². The highest BCUT2D eigenvalue weighted by Crippen LogP contribution is 2.29. The predicted molar refractivity (Wildman–Crippen MR) is 104 cm³/mol. The number of hydrogen-bond donors (Lipinski definition) is 1. The number of aromatic nitrogens is 2. The number of amides is 1. The van der Waals surface area contributed by atoms with Crippen molar-refractivity contribution in [2.24, 2.45) is 0 Å². The fraction of sp³-hybridized carbons (Fsp3) is 0.263. The van der Waals surface area contributed by atoms with Crippen molar-refractivity contribution in [1.29, 1.82) is 0 Å². The molecule has 2 aromatic heterocycles. The summed E-state index contributed by atoms with van der Waals surface area (Å²) >= 11 is 7.51. The molecule has 0 unspecified atom stereocenters. The number of benzene rings is 1. The van der Waals surface area contributed by atoms with E-state index in [4.69, 9.17) is 16.6 Å². The van der Waals surface area contributed by atoms with Gasteiger partial charge in [0.1, 0.15) is 11.6 Å². The van der Waals surface area contributed by atoms with E-state index < -0.39 is 0 Å². The van der Waals surface area contributed by atoms with Crippen molar-refractivity contribution in [3.05, 3.63) is 53.0 Å². The number of nitrogens with one attached hydrogen (secondary N) is 1. The van der Waals surface area contributed by atoms with Crippen LogP contribution in [0.5, 0.6) is 0 Å². The smallest absolute Gasteiger partial charge is 0.240 e. The summed E-state index contributed by atoms with van der Waals surface area (Å²) in [6.07, 6.45) is 2.83. The first-order chi connectivity index (χ1) is 12.1. The first-order valence-electron chi connectivity index (χ1n) is 8.23. The number of carbonyl (C=O) groups is 1. The summed E-state index contributed by atoms with van der Waals surface area (Å²) in [6, 6.07) is 11.7. The Morgan fingerprint density at radius 3 is 2.80 bits per heavy atom. The second-order valence-corrected chi connectivity index (χ2v) is 7.24. The standard InChI is InChI=1S/C19H20ClN3OS/c1-3-13(2)21-18(24)11-23-10-4-5-17(23)19-22-16(12-25-19)14-6-8-15(20)9-7-14/h4-10,12-13H,3,11H2,1-2H3,(H,21,24)/t13-/m0/s1. The zero-order valence-electron chi connectivity index (χ0n) is 14.2. The highest BCUT2D eigenvalue weighted by Gasteiger charge is 2.13. The van der Waals surface area contributed by atoms with Crippen LogP contribution in [0.1, 0.15) is 20.3 Å². The number of carbonyl (C=O) groups excluding carboxylic acids is 1. The van der Waals surface area contributed by atoms with Crippen LogP contribution in [-0.4, -0.2) is 21.5 Å². The van der Waals surface area contributed by atoms with Crippen LogP contribution in [0, 0.1) is 0 Å². The molecule has 0 aliphatic carbocycles. The molecule has 4 nitrogen and oxygen atoms in total. The van der Waals surface area contributed by atoms with Crippen molar-refractivity contribution < 1.29 is 4.79 Å². The molecule has 0 saturated carbocycles. The van der Waals surface area contributed by atoms with Gasteiger partial charge in [0, 0.05) is 28.2 Å². The van der Waals surface area contributed by atoms with Gasteiger partial charge in [0.25, 0.3) is 0 Å². The van der Waals surface area contributed by atoms with Crippen LogP contribution >= 0.6 is 22.9 Å². The molecule has 3 aromatic rings. The average Bonchev–Trinajstić information content (AvgIpc) is 3.24. The van der Waals surface area contributed by atoms with E-state index in [1.165, 1.54) is 0 Å². The number of halogens is 1. The summed E-state index contributed by atoms with van der Waals surface area (Å²) in [5.74, 6) is 0.0151. The second kappa shape index (κ2) is 7.85. The molecule has 1 aromatic carbocycles. The lowest BCUT2D eigenvalue weighted by atomic mass is 10.2. The Labute approximate surface area is 156 Å². The van der Waals surface area contributed by atoms with Gasteiger partial charge in [-0.3, -0.25) is 4.79 Å². The van der Waals surface area contributed by atoms with Crippen LogP contribution in [0.25, 0.3) is 22.0 Å². The van der Waals surface area contributed by atoms with Crippen molar-refractivity contribution >= 4 is 28.8 Å². The molecule has 0 spiro atoms. The minimum absolute atomic E-state index is 0.0151. The van der Waals surface area contributed by atoms with Crippen LogP contribution in [0.3, 0.4) is 0 Å². The maximum absolute atomic E-state index is 12.2. The number of thiazole rings is 1. The Morgan fingerprint density at radius 1 is 1.32 bits per heavy atom. The third-order valence-electron chi connectivity index (χ3n) is 4.03. The molecule has 2 heterocycles. The van der Waals surface area contributed by atoms with Crippen molar-refractivity contribution in [2.75, 3.05) is 0 Å². The topological polar surface area (TPSA) is 46.9 Å². The number of hydrogen-bond acceptors (Lipinski definition) is 3. The quantitative estimate of drug-likeness (QED) is 0.671. The largest absolute Gasteiger partial charge is 0.352 e. The lowest BCUT2D eigenvalue weighted by Gasteiger charge is -2.13. The summed E-state index contributed by atoms with van der Waals surface area (Å²) in [5.41, 5.74) is 2.89. The fourth-order valence-electron chi connectivity index (χ4n) is 2.47. The number of nitrogens with zero attached hydrogens (tertiary/aromatic N) is 2. The monoisotopic (exact) mass is 373 g/mol. The molecule has 1 N–H and O–H groups in total. The summed E-state index contributed by atoms with van der Waals surface area (Å²) in [7, 11) is 0. The van der Waals surface area contributed by atoms with Gasteiger partial charge in [0.2, 0.25) is 5.91 Å². The van der Waals surface area contributed by atoms with Gasteiger partial charge >= 0.3 is 0 Å². The molecule has 6 heteroatoms. The molecule has 1 amide bonds. The zero-order valence-corrected chi connectivity index (χ0v) is 15.8. The molecule has 0 radical (unpaired) electrons. The third kappa shape index (κ3) is 4.30. The van der Waals surface area contributed by atoms with E-state index in [2.05, 4.69) is 12.2 Å². The molecule has 0 bridgehead atoms. The summed E-state index contributed by atoms with van der Waals surface area (Å²) in [5, 5.41) is 6.62. The van der Waals surface area contributed by atoms with Crippen LogP contribution in [-0.2, 0) is 11.3 Å². The van der Waals surface area contributed by atoms with Gasteiger partial charge in [-0.25, -0.2) is 4.98 Å². The molecule has 1 atom stereocenters. The van der Waals surface area contributed by atoms with Gasteiger partial charge < -0.3 is 9.88 Å². The lowest BCUT2D eigenvalue weighted by Crippen LogP contribution is -2.34. The minimum atomic E-state index is 0.0151. The maximum atomic E-state index is 12.2.